The molecule has 1 aromatic heterocycles. The number of benzene rings is 3. The Morgan fingerprint density at radius 3 is 2.24 bits per heavy atom. The van der Waals surface area contributed by atoms with E-state index >= 15 is 0 Å². The van der Waals surface area contributed by atoms with Gasteiger partial charge in [0.25, 0.3) is 0 Å². The van der Waals surface area contributed by atoms with Crippen LogP contribution in [0, 0.1) is 5.82 Å². The van der Waals surface area contributed by atoms with Gasteiger partial charge in [-0.05, 0) is 78.2 Å². The average molecular weight is 465 g/mol. The van der Waals surface area contributed by atoms with E-state index in [2.05, 4.69) is 9.95 Å². The van der Waals surface area contributed by atoms with E-state index in [-0.39, 0.29) is 5.82 Å². The molecule has 0 radical (unpaired) electrons. The molecule has 0 spiro atoms. The summed E-state index contributed by atoms with van der Waals surface area (Å²) in [6.45, 7) is 0.695. The molecule has 0 fully saturated rings. The first kappa shape index (κ1) is 22.6. The van der Waals surface area contributed by atoms with Crippen LogP contribution in [0.15, 0.2) is 77.1 Å². The first-order valence-corrected chi connectivity index (χ1v) is 11.3. The SMILES string of the molecule is COc1ccc(N=c2scc(-c3ccc(F)cc3)n2CCc2ccc(OC)c(OC)c2)cc1. The van der Waals surface area contributed by atoms with Crippen molar-refractivity contribution in [3.05, 3.63) is 88.3 Å². The zero-order valence-corrected chi connectivity index (χ0v) is 19.6. The highest BCUT2D eigenvalue weighted by Crippen LogP contribution is 2.28. The number of thiazole rings is 1. The second-order valence-electron chi connectivity index (χ2n) is 7.31. The lowest BCUT2D eigenvalue weighted by atomic mass is 10.1. The van der Waals surface area contributed by atoms with Crippen molar-refractivity contribution in [1.82, 2.24) is 4.57 Å². The monoisotopic (exact) mass is 464 g/mol. The molecule has 0 N–H and O–H groups in total. The van der Waals surface area contributed by atoms with E-state index in [1.807, 2.05) is 42.5 Å². The normalized spacial score (nSPS) is 11.5. The van der Waals surface area contributed by atoms with Crippen molar-refractivity contribution in [1.29, 1.82) is 0 Å². The van der Waals surface area contributed by atoms with Crippen LogP contribution in [0.3, 0.4) is 0 Å². The van der Waals surface area contributed by atoms with E-state index in [0.717, 1.165) is 39.5 Å². The van der Waals surface area contributed by atoms with Crippen LogP contribution in [-0.2, 0) is 13.0 Å². The van der Waals surface area contributed by atoms with Crippen LogP contribution in [0.25, 0.3) is 11.3 Å². The molecule has 1 heterocycles. The Bertz CT molecular complexity index is 1280. The molecule has 0 aliphatic carbocycles. The summed E-state index contributed by atoms with van der Waals surface area (Å²) in [5.74, 6) is 1.93. The Morgan fingerprint density at radius 2 is 1.58 bits per heavy atom. The molecular formula is C26H25FN2O3S. The van der Waals surface area contributed by atoms with Crippen molar-refractivity contribution < 1.29 is 18.6 Å². The molecular weight excluding hydrogens is 439 g/mol. The molecule has 0 bridgehead atoms. The van der Waals surface area contributed by atoms with E-state index in [1.54, 1.807) is 44.8 Å². The number of hydrogen-bond donors (Lipinski definition) is 0. The lowest BCUT2D eigenvalue weighted by Gasteiger charge is -2.12. The second kappa shape index (κ2) is 10.4. The fraction of sp³-hybridized carbons (Fsp3) is 0.192. The maximum Gasteiger partial charge on any atom is 0.190 e. The minimum atomic E-state index is -0.256. The Labute approximate surface area is 196 Å². The summed E-state index contributed by atoms with van der Waals surface area (Å²) in [5, 5.41) is 2.06. The highest BCUT2D eigenvalue weighted by atomic mass is 32.1. The number of rotatable bonds is 8. The summed E-state index contributed by atoms with van der Waals surface area (Å²) in [6, 6.07) is 20.1. The summed E-state index contributed by atoms with van der Waals surface area (Å²) < 4.78 is 31.7. The van der Waals surface area contributed by atoms with Crippen LogP contribution < -0.4 is 19.0 Å². The van der Waals surface area contributed by atoms with Gasteiger partial charge in [-0.2, -0.15) is 0 Å². The van der Waals surface area contributed by atoms with Gasteiger partial charge >= 0.3 is 0 Å². The third-order valence-electron chi connectivity index (χ3n) is 5.31. The van der Waals surface area contributed by atoms with Crippen LogP contribution in [0.5, 0.6) is 17.2 Å². The van der Waals surface area contributed by atoms with E-state index in [9.17, 15) is 4.39 Å². The highest BCUT2D eigenvalue weighted by molar-refractivity contribution is 7.07. The molecule has 0 unspecified atom stereocenters. The molecule has 4 aromatic rings. The Morgan fingerprint density at radius 1 is 0.848 bits per heavy atom. The van der Waals surface area contributed by atoms with E-state index < -0.39 is 0 Å². The fourth-order valence-electron chi connectivity index (χ4n) is 3.53. The molecule has 7 heteroatoms. The molecule has 0 saturated heterocycles. The summed E-state index contributed by atoms with van der Waals surface area (Å²) in [4.78, 5) is 5.72. The van der Waals surface area contributed by atoms with Crippen LogP contribution in [-0.4, -0.2) is 25.9 Å². The molecule has 5 nitrogen and oxygen atoms in total. The average Bonchev–Trinajstić information content (AvgIpc) is 3.25. The summed E-state index contributed by atoms with van der Waals surface area (Å²) in [5.41, 5.74) is 3.89. The minimum absolute atomic E-state index is 0.256. The van der Waals surface area contributed by atoms with Crippen molar-refractivity contribution in [2.75, 3.05) is 21.3 Å². The van der Waals surface area contributed by atoms with Gasteiger partial charge in [-0.15, -0.1) is 11.3 Å². The predicted molar refractivity (Wildman–Crippen MR) is 129 cm³/mol. The predicted octanol–water partition coefficient (Wildman–Crippen LogP) is 5.86. The molecule has 0 aliphatic rings. The number of hydrogen-bond acceptors (Lipinski definition) is 5. The van der Waals surface area contributed by atoms with Crippen molar-refractivity contribution in [2.24, 2.45) is 4.99 Å². The third-order valence-corrected chi connectivity index (χ3v) is 6.17. The molecule has 3 aromatic carbocycles. The topological polar surface area (TPSA) is 45.0 Å². The van der Waals surface area contributed by atoms with Gasteiger partial charge < -0.3 is 18.8 Å². The van der Waals surface area contributed by atoms with E-state index in [4.69, 9.17) is 19.2 Å². The number of halogens is 1. The van der Waals surface area contributed by atoms with Gasteiger partial charge in [-0.25, -0.2) is 9.38 Å². The number of methoxy groups -OCH3 is 3. The Hall–Kier alpha value is -3.58. The van der Waals surface area contributed by atoms with Gasteiger partial charge in [0.2, 0.25) is 0 Å². The maximum absolute atomic E-state index is 13.5. The lowest BCUT2D eigenvalue weighted by Crippen LogP contribution is -2.17. The Balaban J connectivity index is 1.71. The molecule has 0 saturated carbocycles. The first-order valence-electron chi connectivity index (χ1n) is 10.4. The van der Waals surface area contributed by atoms with Crippen LogP contribution in [0.2, 0.25) is 0 Å². The quantitative estimate of drug-likeness (QED) is 0.328. The number of nitrogens with zero attached hydrogens (tertiary/aromatic N) is 2. The van der Waals surface area contributed by atoms with Crippen molar-refractivity contribution in [3.63, 3.8) is 0 Å². The van der Waals surface area contributed by atoms with Crippen molar-refractivity contribution >= 4 is 17.0 Å². The number of aromatic nitrogens is 1. The molecule has 4 rings (SSSR count). The third kappa shape index (κ3) is 5.26. The largest absolute Gasteiger partial charge is 0.497 e. The fourth-order valence-corrected chi connectivity index (χ4v) is 4.49. The smallest absolute Gasteiger partial charge is 0.190 e. The van der Waals surface area contributed by atoms with Gasteiger partial charge in [-0.1, -0.05) is 6.07 Å². The molecule has 170 valence electrons. The van der Waals surface area contributed by atoms with E-state index in [0.29, 0.717) is 18.0 Å². The zero-order valence-electron chi connectivity index (χ0n) is 18.7. The van der Waals surface area contributed by atoms with E-state index in [1.165, 1.54) is 12.1 Å². The molecule has 0 aliphatic heterocycles. The van der Waals surface area contributed by atoms with Crippen LogP contribution in [0.4, 0.5) is 10.1 Å². The van der Waals surface area contributed by atoms with Crippen molar-refractivity contribution in [3.8, 4) is 28.5 Å². The highest BCUT2D eigenvalue weighted by Gasteiger charge is 2.11. The zero-order chi connectivity index (χ0) is 23.2. The van der Waals surface area contributed by atoms with Gasteiger partial charge in [-0.3, -0.25) is 0 Å². The van der Waals surface area contributed by atoms with Crippen LogP contribution in [0.1, 0.15) is 5.56 Å². The summed E-state index contributed by atoms with van der Waals surface area (Å²) >= 11 is 1.56. The number of aryl methyl sites for hydroxylation is 1. The molecule has 33 heavy (non-hydrogen) atoms. The molecule has 0 amide bonds. The maximum atomic E-state index is 13.5. The lowest BCUT2D eigenvalue weighted by molar-refractivity contribution is 0.354. The van der Waals surface area contributed by atoms with Gasteiger partial charge in [0.05, 0.1) is 32.7 Å². The van der Waals surface area contributed by atoms with Gasteiger partial charge in [0, 0.05) is 11.9 Å². The summed E-state index contributed by atoms with van der Waals surface area (Å²) in [7, 11) is 4.90. The Kier molecular flexibility index (Phi) is 7.10. The van der Waals surface area contributed by atoms with Gasteiger partial charge in [0.15, 0.2) is 16.3 Å². The van der Waals surface area contributed by atoms with Gasteiger partial charge in [0.1, 0.15) is 11.6 Å². The second-order valence-corrected chi connectivity index (χ2v) is 8.15. The summed E-state index contributed by atoms with van der Waals surface area (Å²) in [6.07, 6.45) is 0.765. The minimum Gasteiger partial charge on any atom is -0.497 e. The number of ether oxygens (including phenoxy) is 3. The molecule has 0 atom stereocenters. The van der Waals surface area contributed by atoms with Crippen molar-refractivity contribution in [2.45, 2.75) is 13.0 Å². The standard InChI is InChI=1S/C26H25FN2O3S/c1-30-22-11-9-21(10-12-22)28-26-29(23(17-33-26)19-5-7-20(27)8-6-19)15-14-18-4-13-24(31-2)25(16-18)32-3/h4-13,16-17H,14-15H2,1-3H3. The first-order chi connectivity index (χ1) is 16.1. The van der Waals surface area contributed by atoms with Crippen LogP contribution >= 0.6 is 11.3 Å².